The van der Waals surface area contributed by atoms with Gasteiger partial charge in [0.25, 0.3) is 0 Å². The molecule has 0 aromatic heterocycles. The lowest BCUT2D eigenvalue weighted by molar-refractivity contribution is 0.437. The van der Waals surface area contributed by atoms with Gasteiger partial charge in [-0.3, -0.25) is 0 Å². The summed E-state index contributed by atoms with van der Waals surface area (Å²) in [6.07, 6.45) is 3.31. The fourth-order valence-electron chi connectivity index (χ4n) is 2.83. The summed E-state index contributed by atoms with van der Waals surface area (Å²) < 4.78 is 0. The maximum atomic E-state index is 9.91. The third-order valence-electron chi connectivity index (χ3n) is 4.00. The van der Waals surface area contributed by atoms with Gasteiger partial charge in [0, 0.05) is 18.2 Å². The number of phenols is 1. The highest BCUT2D eigenvalue weighted by molar-refractivity contribution is 6.32. The molecule has 0 spiro atoms. The highest BCUT2D eigenvalue weighted by Gasteiger charge is 2.18. The number of fused-ring (bicyclic) bond motifs is 1. The predicted octanol–water partition coefficient (Wildman–Crippen LogP) is 3.69. The third kappa shape index (κ3) is 2.82. The van der Waals surface area contributed by atoms with E-state index in [0.717, 1.165) is 24.8 Å². The van der Waals surface area contributed by atoms with Gasteiger partial charge in [-0.2, -0.15) is 0 Å². The van der Waals surface area contributed by atoms with Crippen molar-refractivity contribution in [3.8, 4) is 5.75 Å². The van der Waals surface area contributed by atoms with E-state index in [-0.39, 0.29) is 5.75 Å². The van der Waals surface area contributed by atoms with Gasteiger partial charge in [-0.25, -0.2) is 0 Å². The molecule has 0 bridgehead atoms. The number of aromatic hydroxyl groups is 1. The quantitative estimate of drug-likeness (QED) is 0.902. The number of para-hydroxylation sites is 1. The molecule has 2 nitrogen and oxygen atoms in total. The summed E-state index contributed by atoms with van der Waals surface area (Å²) in [5.41, 5.74) is 3.76. The van der Waals surface area contributed by atoms with E-state index in [4.69, 9.17) is 11.6 Å². The van der Waals surface area contributed by atoms with Crippen molar-refractivity contribution in [2.75, 3.05) is 0 Å². The first-order valence-corrected chi connectivity index (χ1v) is 7.38. The Morgan fingerprint density at radius 3 is 2.75 bits per heavy atom. The molecule has 2 aromatic carbocycles. The number of benzene rings is 2. The first-order chi connectivity index (χ1) is 9.74. The second-order valence-electron chi connectivity index (χ2n) is 5.34. The Balaban J connectivity index is 1.64. The summed E-state index contributed by atoms with van der Waals surface area (Å²) in [6, 6.07) is 14.6. The molecule has 0 saturated heterocycles. The Hall–Kier alpha value is -1.51. The SMILES string of the molecule is Oc1c(Cl)cccc1CNC1CCc2ccccc2C1. The van der Waals surface area contributed by atoms with Crippen molar-refractivity contribution in [1.29, 1.82) is 0 Å². The van der Waals surface area contributed by atoms with Crippen molar-refractivity contribution in [3.05, 3.63) is 64.2 Å². The Labute approximate surface area is 124 Å². The van der Waals surface area contributed by atoms with Crippen LogP contribution < -0.4 is 5.32 Å². The van der Waals surface area contributed by atoms with E-state index in [0.29, 0.717) is 17.6 Å². The number of aryl methyl sites for hydroxylation is 1. The standard InChI is InChI=1S/C17H18ClNO/c18-16-7-3-6-14(17(16)20)11-19-15-9-8-12-4-1-2-5-13(12)10-15/h1-7,15,19-20H,8-11H2. The third-order valence-corrected chi connectivity index (χ3v) is 4.30. The summed E-state index contributed by atoms with van der Waals surface area (Å²) in [5.74, 6) is 0.192. The molecule has 0 radical (unpaired) electrons. The molecule has 20 heavy (non-hydrogen) atoms. The number of phenolic OH excluding ortho intramolecular Hbond substituents is 1. The first kappa shape index (κ1) is 13.5. The summed E-state index contributed by atoms with van der Waals surface area (Å²) in [7, 11) is 0. The van der Waals surface area contributed by atoms with Crippen LogP contribution in [0.2, 0.25) is 5.02 Å². The molecular formula is C17H18ClNO. The van der Waals surface area contributed by atoms with E-state index in [1.807, 2.05) is 12.1 Å². The fraction of sp³-hybridized carbons (Fsp3) is 0.294. The molecular weight excluding hydrogens is 270 g/mol. The van der Waals surface area contributed by atoms with Crippen LogP contribution in [-0.2, 0) is 19.4 Å². The van der Waals surface area contributed by atoms with Gasteiger partial charge in [-0.05, 0) is 36.5 Å². The van der Waals surface area contributed by atoms with Crippen LogP contribution in [0.5, 0.6) is 5.75 Å². The minimum absolute atomic E-state index is 0.192. The van der Waals surface area contributed by atoms with Crippen molar-refractivity contribution in [1.82, 2.24) is 5.32 Å². The van der Waals surface area contributed by atoms with E-state index in [2.05, 4.69) is 29.6 Å². The molecule has 0 saturated carbocycles. The van der Waals surface area contributed by atoms with Crippen molar-refractivity contribution in [3.63, 3.8) is 0 Å². The molecule has 3 heteroatoms. The second-order valence-corrected chi connectivity index (χ2v) is 5.74. The largest absolute Gasteiger partial charge is 0.506 e. The lowest BCUT2D eigenvalue weighted by Crippen LogP contribution is -2.34. The normalized spacial score (nSPS) is 17.8. The summed E-state index contributed by atoms with van der Waals surface area (Å²) >= 11 is 5.92. The van der Waals surface area contributed by atoms with Crippen LogP contribution in [-0.4, -0.2) is 11.1 Å². The lowest BCUT2D eigenvalue weighted by Gasteiger charge is -2.25. The zero-order valence-electron chi connectivity index (χ0n) is 11.3. The van der Waals surface area contributed by atoms with Crippen LogP contribution in [0.3, 0.4) is 0 Å². The van der Waals surface area contributed by atoms with Crippen LogP contribution in [0, 0.1) is 0 Å². The monoisotopic (exact) mass is 287 g/mol. The second kappa shape index (κ2) is 5.86. The number of halogens is 1. The average Bonchev–Trinajstić information content (AvgIpc) is 2.48. The highest BCUT2D eigenvalue weighted by Crippen LogP contribution is 2.27. The van der Waals surface area contributed by atoms with Crippen LogP contribution in [0.4, 0.5) is 0 Å². The molecule has 2 N–H and O–H groups in total. The Morgan fingerprint density at radius 1 is 1.10 bits per heavy atom. The Bertz CT molecular complexity index is 612. The molecule has 1 aliphatic carbocycles. The molecule has 1 atom stereocenters. The molecule has 1 unspecified atom stereocenters. The number of rotatable bonds is 3. The number of hydrogen-bond donors (Lipinski definition) is 2. The molecule has 0 heterocycles. The van der Waals surface area contributed by atoms with Gasteiger partial charge in [-0.1, -0.05) is 48.0 Å². The van der Waals surface area contributed by atoms with Crippen LogP contribution in [0.1, 0.15) is 23.1 Å². The van der Waals surface area contributed by atoms with Crippen molar-refractivity contribution < 1.29 is 5.11 Å². The topological polar surface area (TPSA) is 32.3 Å². The van der Waals surface area contributed by atoms with Crippen molar-refractivity contribution in [2.24, 2.45) is 0 Å². The van der Waals surface area contributed by atoms with Gasteiger partial charge in [0.1, 0.15) is 5.75 Å². The molecule has 2 aromatic rings. The minimum Gasteiger partial charge on any atom is -0.506 e. The molecule has 0 amide bonds. The van der Waals surface area contributed by atoms with Gasteiger partial charge in [0.15, 0.2) is 0 Å². The van der Waals surface area contributed by atoms with Gasteiger partial charge in [0.05, 0.1) is 5.02 Å². The molecule has 0 aliphatic heterocycles. The van der Waals surface area contributed by atoms with Crippen LogP contribution >= 0.6 is 11.6 Å². The highest BCUT2D eigenvalue weighted by atomic mass is 35.5. The van der Waals surface area contributed by atoms with E-state index in [1.54, 1.807) is 6.07 Å². The molecule has 3 rings (SSSR count). The number of nitrogens with one attached hydrogen (secondary N) is 1. The first-order valence-electron chi connectivity index (χ1n) is 7.00. The zero-order valence-corrected chi connectivity index (χ0v) is 12.0. The molecule has 0 fully saturated rings. The Kier molecular flexibility index (Phi) is 3.95. The fourth-order valence-corrected chi connectivity index (χ4v) is 3.02. The van der Waals surface area contributed by atoms with Crippen LogP contribution in [0.15, 0.2) is 42.5 Å². The molecule has 104 valence electrons. The van der Waals surface area contributed by atoms with Gasteiger partial charge >= 0.3 is 0 Å². The van der Waals surface area contributed by atoms with Crippen molar-refractivity contribution >= 4 is 11.6 Å². The van der Waals surface area contributed by atoms with E-state index >= 15 is 0 Å². The average molecular weight is 288 g/mol. The maximum Gasteiger partial charge on any atom is 0.138 e. The predicted molar refractivity (Wildman–Crippen MR) is 82.2 cm³/mol. The number of hydrogen-bond acceptors (Lipinski definition) is 2. The van der Waals surface area contributed by atoms with E-state index in [9.17, 15) is 5.11 Å². The minimum atomic E-state index is 0.192. The maximum absolute atomic E-state index is 9.91. The van der Waals surface area contributed by atoms with E-state index in [1.165, 1.54) is 11.1 Å². The summed E-state index contributed by atoms with van der Waals surface area (Å²) in [6.45, 7) is 0.652. The summed E-state index contributed by atoms with van der Waals surface area (Å²) in [4.78, 5) is 0. The van der Waals surface area contributed by atoms with Gasteiger partial charge in [0.2, 0.25) is 0 Å². The summed E-state index contributed by atoms with van der Waals surface area (Å²) in [5, 5.41) is 13.9. The van der Waals surface area contributed by atoms with Crippen molar-refractivity contribution in [2.45, 2.75) is 31.8 Å². The zero-order chi connectivity index (χ0) is 13.9. The van der Waals surface area contributed by atoms with Gasteiger partial charge < -0.3 is 10.4 Å². The lowest BCUT2D eigenvalue weighted by atomic mass is 9.88. The Morgan fingerprint density at radius 2 is 1.90 bits per heavy atom. The van der Waals surface area contributed by atoms with E-state index < -0.39 is 0 Å². The van der Waals surface area contributed by atoms with Crippen LogP contribution in [0.25, 0.3) is 0 Å². The molecule has 1 aliphatic rings. The van der Waals surface area contributed by atoms with Gasteiger partial charge in [-0.15, -0.1) is 0 Å². The smallest absolute Gasteiger partial charge is 0.138 e.